The summed E-state index contributed by atoms with van der Waals surface area (Å²) < 4.78 is 0. The van der Waals surface area contributed by atoms with Crippen molar-refractivity contribution in [2.45, 2.75) is 26.7 Å². The summed E-state index contributed by atoms with van der Waals surface area (Å²) in [6.07, 6.45) is 1.86. The van der Waals surface area contributed by atoms with E-state index in [-0.39, 0.29) is 83.8 Å². The summed E-state index contributed by atoms with van der Waals surface area (Å²) in [5, 5.41) is 18.5. The molecule has 0 saturated carbocycles. The van der Waals surface area contributed by atoms with Gasteiger partial charge in [0.25, 0.3) is 0 Å². The third kappa shape index (κ3) is 48.9. The van der Waals surface area contributed by atoms with Crippen LogP contribution in [0.5, 0.6) is 0 Å². The van der Waals surface area contributed by atoms with Crippen LogP contribution in [0.4, 0.5) is 0 Å². The summed E-state index contributed by atoms with van der Waals surface area (Å²) in [6, 6.07) is 0. The minimum absolute atomic E-state index is 0. The van der Waals surface area contributed by atoms with Crippen LogP contribution >= 0.6 is 0 Å². The van der Waals surface area contributed by atoms with E-state index in [0.717, 1.165) is 12.8 Å². The molecule has 0 aromatic heterocycles. The van der Waals surface area contributed by atoms with Crippen molar-refractivity contribution < 1.29 is 31.9 Å². The average Bonchev–Trinajstić information content (AvgIpc) is 1.71. The number of unbranched alkanes of at least 4 members (excludes halogenated alkanes) is 1. The van der Waals surface area contributed by atoms with Gasteiger partial charge >= 0.3 is 70.6 Å². The van der Waals surface area contributed by atoms with Crippen LogP contribution in [-0.2, 0) is 21.7 Å². The first-order valence-electron chi connectivity index (χ1n) is 2.99. The first-order valence-corrected chi connectivity index (χ1v) is 2.99. The molecule has 0 aromatic carbocycles. The maximum absolute atomic E-state index is 9.53. The van der Waals surface area contributed by atoms with Gasteiger partial charge in [-0.05, 0) is 0 Å². The molecule has 0 radical (unpaired) electrons. The van der Waals surface area contributed by atoms with E-state index in [2.05, 4.69) is 0 Å². The van der Waals surface area contributed by atoms with E-state index in [4.69, 9.17) is 5.11 Å². The largest absolute Gasteiger partial charge is 4.00 e. The van der Waals surface area contributed by atoms with Crippen LogP contribution in [0.1, 0.15) is 26.7 Å². The first kappa shape index (κ1) is 22.8. The molecule has 4 heteroatoms. The van der Waals surface area contributed by atoms with Crippen molar-refractivity contribution in [3.8, 4) is 0 Å². The van der Waals surface area contributed by atoms with E-state index >= 15 is 0 Å². The third-order valence-electron chi connectivity index (χ3n) is 0.498. The zero-order valence-corrected chi connectivity index (χ0v) is 12.9. The Labute approximate surface area is 119 Å². The molecule has 0 fully saturated rings. The van der Waals surface area contributed by atoms with Gasteiger partial charge in [-0.1, -0.05) is 26.7 Å². The van der Waals surface area contributed by atoms with Crippen molar-refractivity contribution in [3.05, 3.63) is 0 Å². The first-order chi connectivity index (χ1) is 3.83. The third-order valence-corrected chi connectivity index (χ3v) is 0.498. The minimum Gasteiger partial charge on any atom is -0.855 e. The van der Waals surface area contributed by atoms with E-state index in [1.807, 2.05) is 6.92 Å². The topological polar surface area (TPSA) is 46.1 Å². The van der Waals surface area contributed by atoms with Gasteiger partial charge in [-0.25, -0.2) is 0 Å². The predicted octanol–water partition coefficient (Wildman–Crippen LogP) is -0.870. The summed E-state index contributed by atoms with van der Waals surface area (Å²) >= 11 is 0. The van der Waals surface area contributed by atoms with Gasteiger partial charge in [0.15, 0.2) is 0 Å². The second kappa shape index (κ2) is 30.3. The fraction of sp³-hybridized carbons (Fsp3) is 1.00. The number of rotatable bonds is 2. The Morgan fingerprint density at radius 2 is 1.40 bits per heavy atom. The molecule has 0 spiro atoms. The minimum atomic E-state index is 0. The molecule has 0 saturated heterocycles. The van der Waals surface area contributed by atoms with E-state index in [9.17, 15) is 5.11 Å². The number of hydrogen-bond donors (Lipinski definition) is 0. The molecule has 0 N–H and O–H groups in total. The smallest absolute Gasteiger partial charge is 0.855 e. The van der Waals surface area contributed by atoms with Crippen molar-refractivity contribution in [1.82, 2.24) is 0 Å². The van der Waals surface area contributed by atoms with Crippen LogP contribution < -0.4 is 10.2 Å². The van der Waals surface area contributed by atoms with Crippen LogP contribution in [-0.4, -0.2) is 62.1 Å². The molecule has 0 rings (SSSR count). The molecular formula is C6H14BaO2Ti+4. The molecule has 0 aliphatic heterocycles. The van der Waals surface area contributed by atoms with Gasteiger partial charge in [-0.2, -0.15) is 0 Å². The quantitative estimate of drug-likeness (QED) is 0.623. The monoisotopic (exact) mass is 304 g/mol. The van der Waals surface area contributed by atoms with Crippen molar-refractivity contribution in [1.29, 1.82) is 0 Å². The molecule has 0 heterocycles. The van der Waals surface area contributed by atoms with Gasteiger partial charge < -0.3 is 10.2 Å². The fourth-order valence-electron chi connectivity index (χ4n) is 0.144. The zero-order valence-electron chi connectivity index (χ0n) is 6.85. The Bertz CT molecular complexity index is 29.7. The van der Waals surface area contributed by atoms with Crippen molar-refractivity contribution >= 4 is 48.9 Å². The summed E-state index contributed by atoms with van der Waals surface area (Å²) in [7, 11) is 0. The van der Waals surface area contributed by atoms with Crippen LogP contribution in [0.25, 0.3) is 0 Å². The molecule has 0 bridgehead atoms. The molecule has 10 heavy (non-hydrogen) atoms. The van der Waals surface area contributed by atoms with Crippen molar-refractivity contribution in [2.24, 2.45) is 0 Å². The van der Waals surface area contributed by atoms with Gasteiger partial charge in [-0.3, -0.25) is 0 Å². The Balaban J connectivity index is -0.0000000326. The Morgan fingerprint density at radius 1 is 1.10 bits per heavy atom. The Hall–Kier alpha value is 2.21. The van der Waals surface area contributed by atoms with Crippen LogP contribution in [0, 0.1) is 0 Å². The second-order valence-electron chi connectivity index (χ2n) is 1.35. The molecule has 0 aliphatic rings. The van der Waals surface area contributed by atoms with Gasteiger partial charge in [0.05, 0.1) is 0 Å². The molecule has 0 aliphatic carbocycles. The summed E-state index contributed by atoms with van der Waals surface area (Å²) in [5.41, 5.74) is 0. The van der Waals surface area contributed by atoms with E-state index in [1.165, 1.54) is 0 Å². The van der Waals surface area contributed by atoms with Crippen LogP contribution in [0.15, 0.2) is 0 Å². The molecule has 0 unspecified atom stereocenters. The fourth-order valence-corrected chi connectivity index (χ4v) is 0.144. The summed E-state index contributed by atoms with van der Waals surface area (Å²) in [4.78, 5) is 0. The molecular weight excluding hydrogens is 289 g/mol. The summed E-state index contributed by atoms with van der Waals surface area (Å²) in [6.45, 7) is 3.68. The van der Waals surface area contributed by atoms with E-state index < -0.39 is 0 Å². The van der Waals surface area contributed by atoms with Gasteiger partial charge in [-0.15, -0.1) is 13.2 Å². The summed E-state index contributed by atoms with van der Waals surface area (Å²) in [5.74, 6) is 0. The maximum Gasteiger partial charge on any atom is 4.00 e. The molecule has 2 nitrogen and oxygen atoms in total. The van der Waals surface area contributed by atoms with Crippen LogP contribution in [0.2, 0.25) is 0 Å². The van der Waals surface area contributed by atoms with Crippen molar-refractivity contribution in [2.75, 3.05) is 13.2 Å². The Morgan fingerprint density at radius 3 is 1.40 bits per heavy atom. The molecule has 0 amide bonds. The predicted molar refractivity (Wildman–Crippen MR) is 36.1 cm³/mol. The zero-order chi connectivity index (χ0) is 6.83. The van der Waals surface area contributed by atoms with Crippen molar-refractivity contribution in [3.63, 3.8) is 0 Å². The SMILES string of the molecule is CCCC[O-].CC[O-].[Ba+2].[Ti+4]. The van der Waals surface area contributed by atoms with E-state index in [0.29, 0.717) is 0 Å². The standard InChI is InChI=1S/C4H9O.C2H5O.Ba.Ti/c1-2-3-4-5;1-2-3;;/h2-4H2,1H3;2H2,1H3;;/q2*-1;+2;+4. The molecule has 0 aromatic rings. The second-order valence-corrected chi connectivity index (χ2v) is 1.35. The van der Waals surface area contributed by atoms with Gasteiger partial charge in [0.2, 0.25) is 0 Å². The number of hydrogen-bond acceptors (Lipinski definition) is 2. The molecule has 52 valence electrons. The maximum atomic E-state index is 9.53. The van der Waals surface area contributed by atoms with E-state index in [1.54, 1.807) is 6.92 Å². The Kier molecular flexibility index (Phi) is 69.0. The van der Waals surface area contributed by atoms with Gasteiger partial charge in [0.1, 0.15) is 0 Å². The molecule has 0 atom stereocenters. The van der Waals surface area contributed by atoms with Gasteiger partial charge in [0, 0.05) is 0 Å². The van der Waals surface area contributed by atoms with Crippen LogP contribution in [0.3, 0.4) is 0 Å². The average molecular weight is 303 g/mol. The normalized spacial score (nSPS) is 6.00.